The Kier molecular flexibility index (Phi) is 2.41. The zero-order valence-electron chi connectivity index (χ0n) is 8.09. The van der Waals surface area contributed by atoms with Crippen LogP contribution in [0, 0.1) is 0 Å². The van der Waals surface area contributed by atoms with Crippen LogP contribution in [-0.4, -0.2) is 34.5 Å². The Labute approximate surface area is 87.1 Å². The van der Waals surface area contributed by atoms with Crippen LogP contribution in [0.3, 0.4) is 0 Å². The van der Waals surface area contributed by atoms with Gasteiger partial charge in [-0.15, -0.1) is 0 Å². The number of carbonyl (C=O) groups excluding carboxylic acids is 1. The second-order valence-corrected chi connectivity index (χ2v) is 3.51. The molecular formula is C11H11NO3. The van der Waals surface area contributed by atoms with Gasteiger partial charge in [0.2, 0.25) is 0 Å². The Balaban J connectivity index is 2.13. The molecule has 0 aromatic heterocycles. The molecular weight excluding hydrogens is 194 g/mol. The van der Waals surface area contributed by atoms with Crippen LogP contribution in [0.15, 0.2) is 30.3 Å². The molecule has 1 heterocycles. The molecule has 1 aliphatic rings. The summed E-state index contributed by atoms with van der Waals surface area (Å²) in [5, 5.41) is 8.77. The van der Waals surface area contributed by atoms with Gasteiger partial charge in [-0.05, 0) is 6.42 Å². The van der Waals surface area contributed by atoms with Gasteiger partial charge in [-0.1, -0.05) is 30.3 Å². The molecule has 78 valence electrons. The molecule has 0 saturated carbocycles. The lowest BCUT2D eigenvalue weighted by molar-refractivity contribution is 0.0554. The van der Waals surface area contributed by atoms with E-state index in [0.29, 0.717) is 18.5 Å². The standard InChI is InChI=1S/C11H11NO3/c13-10(8-4-2-1-3-5-8)9-6-7-12(9)11(14)15/h1-5,9H,6-7H2,(H,14,15)/t9-/m0/s1. The predicted octanol–water partition coefficient (Wildman–Crippen LogP) is 1.62. The van der Waals surface area contributed by atoms with Crippen molar-refractivity contribution >= 4 is 11.9 Å². The van der Waals surface area contributed by atoms with Gasteiger partial charge in [-0.3, -0.25) is 9.69 Å². The van der Waals surface area contributed by atoms with E-state index >= 15 is 0 Å². The number of ketones is 1. The van der Waals surface area contributed by atoms with Crippen LogP contribution in [0.2, 0.25) is 0 Å². The highest BCUT2D eigenvalue weighted by atomic mass is 16.4. The Hall–Kier alpha value is -1.84. The van der Waals surface area contributed by atoms with Crippen LogP contribution in [0.1, 0.15) is 16.8 Å². The Morgan fingerprint density at radius 1 is 1.27 bits per heavy atom. The number of carbonyl (C=O) groups is 2. The van der Waals surface area contributed by atoms with E-state index in [1.165, 1.54) is 4.90 Å². The topological polar surface area (TPSA) is 57.6 Å². The smallest absolute Gasteiger partial charge is 0.407 e. The summed E-state index contributed by atoms with van der Waals surface area (Å²) in [6, 6.07) is 8.31. The number of hydrogen-bond donors (Lipinski definition) is 1. The minimum Gasteiger partial charge on any atom is -0.465 e. The Morgan fingerprint density at radius 2 is 1.93 bits per heavy atom. The normalized spacial score (nSPS) is 19.5. The van der Waals surface area contributed by atoms with Crippen LogP contribution in [-0.2, 0) is 0 Å². The molecule has 1 fully saturated rings. The third kappa shape index (κ3) is 1.70. The first kappa shape index (κ1) is 9.71. The molecule has 2 rings (SSSR count). The molecule has 4 nitrogen and oxygen atoms in total. The van der Waals surface area contributed by atoms with Crippen molar-refractivity contribution in [3.63, 3.8) is 0 Å². The molecule has 4 heteroatoms. The van der Waals surface area contributed by atoms with Crippen LogP contribution in [0.5, 0.6) is 0 Å². The van der Waals surface area contributed by atoms with Crippen LogP contribution in [0.4, 0.5) is 4.79 Å². The van der Waals surface area contributed by atoms with Gasteiger partial charge in [0.15, 0.2) is 5.78 Å². The highest BCUT2D eigenvalue weighted by Gasteiger charge is 2.37. The Morgan fingerprint density at radius 3 is 2.40 bits per heavy atom. The summed E-state index contributed by atoms with van der Waals surface area (Å²) >= 11 is 0. The van der Waals surface area contributed by atoms with E-state index in [-0.39, 0.29) is 5.78 Å². The maximum absolute atomic E-state index is 11.8. The molecule has 1 amide bonds. The van der Waals surface area contributed by atoms with Crippen molar-refractivity contribution in [2.75, 3.05) is 6.54 Å². The summed E-state index contributed by atoms with van der Waals surface area (Å²) in [4.78, 5) is 23.7. The summed E-state index contributed by atoms with van der Waals surface area (Å²) in [7, 11) is 0. The van der Waals surface area contributed by atoms with Gasteiger partial charge in [0.1, 0.15) is 6.04 Å². The van der Waals surface area contributed by atoms with Crippen molar-refractivity contribution in [2.24, 2.45) is 0 Å². The number of likely N-dealkylation sites (tertiary alicyclic amines) is 1. The highest BCUT2D eigenvalue weighted by Crippen LogP contribution is 2.21. The summed E-state index contributed by atoms with van der Waals surface area (Å²) in [6.45, 7) is 0.457. The van der Waals surface area contributed by atoms with Crippen molar-refractivity contribution in [3.8, 4) is 0 Å². The number of hydrogen-bond acceptors (Lipinski definition) is 2. The Bertz CT molecular complexity index is 388. The first-order valence-corrected chi connectivity index (χ1v) is 4.79. The molecule has 0 spiro atoms. The minimum atomic E-state index is -1.02. The summed E-state index contributed by atoms with van der Waals surface area (Å²) in [5.41, 5.74) is 0.577. The van der Waals surface area contributed by atoms with E-state index in [4.69, 9.17) is 5.11 Å². The molecule has 1 saturated heterocycles. The van der Waals surface area contributed by atoms with Gasteiger partial charge in [0, 0.05) is 12.1 Å². The quantitative estimate of drug-likeness (QED) is 0.746. The minimum absolute atomic E-state index is 0.107. The molecule has 15 heavy (non-hydrogen) atoms. The third-order valence-corrected chi connectivity index (χ3v) is 2.63. The predicted molar refractivity (Wildman–Crippen MR) is 53.9 cm³/mol. The molecule has 1 atom stereocenters. The number of Topliss-reactive ketones (excluding diaryl/α,β-unsaturated/α-hetero) is 1. The van der Waals surface area contributed by atoms with E-state index in [1.807, 2.05) is 6.07 Å². The average molecular weight is 205 g/mol. The molecule has 1 aromatic rings. The summed E-state index contributed by atoms with van der Waals surface area (Å²) in [6.07, 6.45) is -0.393. The van der Waals surface area contributed by atoms with E-state index < -0.39 is 12.1 Å². The average Bonchev–Trinajstić information content (AvgIpc) is 2.16. The summed E-state index contributed by atoms with van der Waals surface area (Å²) in [5.74, 6) is -0.107. The van der Waals surface area contributed by atoms with Crippen molar-refractivity contribution in [2.45, 2.75) is 12.5 Å². The lowest BCUT2D eigenvalue weighted by Crippen LogP contribution is -2.54. The molecule has 1 aromatic carbocycles. The maximum Gasteiger partial charge on any atom is 0.407 e. The van der Waals surface area contributed by atoms with Crippen LogP contribution < -0.4 is 0 Å². The van der Waals surface area contributed by atoms with Crippen LogP contribution >= 0.6 is 0 Å². The van der Waals surface area contributed by atoms with Gasteiger partial charge in [0.05, 0.1) is 0 Å². The fourth-order valence-electron chi connectivity index (χ4n) is 1.68. The van der Waals surface area contributed by atoms with E-state index in [1.54, 1.807) is 24.3 Å². The number of amides is 1. The zero-order chi connectivity index (χ0) is 10.8. The van der Waals surface area contributed by atoms with Gasteiger partial charge >= 0.3 is 6.09 Å². The summed E-state index contributed by atoms with van der Waals surface area (Å²) < 4.78 is 0. The number of nitrogens with zero attached hydrogens (tertiary/aromatic N) is 1. The van der Waals surface area contributed by atoms with Gasteiger partial charge in [0.25, 0.3) is 0 Å². The number of rotatable bonds is 2. The molecule has 1 aliphatic heterocycles. The first-order chi connectivity index (χ1) is 7.20. The molecule has 0 radical (unpaired) electrons. The lowest BCUT2D eigenvalue weighted by atomic mass is 9.94. The van der Waals surface area contributed by atoms with E-state index in [0.717, 1.165) is 0 Å². The van der Waals surface area contributed by atoms with Crippen molar-refractivity contribution in [1.82, 2.24) is 4.90 Å². The molecule has 1 N–H and O–H groups in total. The largest absolute Gasteiger partial charge is 0.465 e. The lowest BCUT2D eigenvalue weighted by Gasteiger charge is -2.37. The van der Waals surface area contributed by atoms with Gasteiger partial charge in [-0.2, -0.15) is 0 Å². The van der Waals surface area contributed by atoms with Gasteiger partial charge in [-0.25, -0.2) is 4.79 Å². The second kappa shape index (κ2) is 3.73. The first-order valence-electron chi connectivity index (χ1n) is 4.79. The van der Waals surface area contributed by atoms with Crippen molar-refractivity contribution in [3.05, 3.63) is 35.9 Å². The fourth-order valence-corrected chi connectivity index (χ4v) is 1.68. The SMILES string of the molecule is O=C(c1ccccc1)[C@@H]1CCN1C(=O)O. The van der Waals surface area contributed by atoms with Crippen molar-refractivity contribution in [1.29, 1.82) is 0 Å². The van der Waals surface area contributed by atoms with E-state index in [9.17, 15) is 9.59 Å². The zero-order valence-corrected chi connectivity index (χ0v) is 8.09. The fraction of sp³-hybridized carbons (Fsp3) is 0.273. The maximum atomic E-state index is 11.8. The monoisotopic (exact) mass is 205 g/mol. The second-order valence-electron chi connectivity index (χ2n) is 3.51. The van der Waals surface area contributed by atoms with Crippen LogP contribution in [0.25, 0.3) is 0 Å². The molecule has 0 bridgehead atoms. The highest BCUT2D eigenvalue weighted by molar-refractivity contribution is 6.02. The van der Waals surface area contributed by atoms with Crippen molar-refractivity contribution < 1.29 is 14.7 Å². The molecule has 0 aliphatic carbocycles. The molecule has 0 unspecified atom stereocenters. The van der Waals surface area contributed by atoms with E-state index in [2.05, 4.69) is 0 Å². The number of benzene rings is 1. The van der Waals surface area contributed by atoms with Gasteiger partial charge < -0.3 is 5.11 Å². The third-order valence-electron chi connectivity index (χ3n) is 2.63. The number of carboxylic acid groups (broad SMARTS) is 1.